The SMILES string of the molecule is Cc1nc(Cl)c(C)c(NCc2cscn2)n1. The van der Waals surface area contributed by atoms with Crippen LogP contribution in [0.15, 0.2) is 10.9 Å². The summed E-state index contributed by atoms with van der Waals surface area (Å²) < 4.78 is 0. The smallest absolute Gasteiger partial charge is 0.137 e. The fourth-order valence-electron chi connectivity index (χ4n) is 1.27. The third kappa shape index (κ3) is 2.48. The van der Waals surface area contributed by atoms with Gasteiger partial charge >= 0.3 is 0 Å². The highest BCUT2D eigenvalue weighted by Crippen LogP contribution is 2.20. The molecule has 2 aromatic heterocycles. The summed E-state index contributed by atoms with van der Waals surface area (Å²) in [6, 6.07) is 0. The van der Waals surface area contributed by atoms with Gasteiger partial charge in [-0.25, -0.2) is 15.0 Å². The Morgan fingerprint density at radius 3 is 2.88 bits per heavy atom. The van der Waals surface area contributed by atoms with Crippen LogP contribution in [0, 0.1) is 13.8 Å². The van der Waals surface area contributed by atoms with Crippen molar-refractivity contribution in [2.45, 2.75) is 20.4 Å². The second-order valence-corrected chi connectivity index (χ2v) is 4.45. The maximum Gasteiger partial charge on any atom is 0.137 e. The van der Waals surface area contributed by atoms with Crippen molar-refractivity contribution in [2.75, 3.05) is 5.32 Å². The number of hydrogen-bond donors (Lipinski definition) is 1. The molecule has 0 fully saturated rings. The van der Waals surface area contributed by atoms with Crippen LogP contribution in [-0.4, -0.2) is 15.0 Å². The molecule has 0 bridgehead atoms. The number of hydrogen-bond acceptors (Lipinski definition) is 5. The molecule has 84 valence electrons. The maximum absolute atomic E-state index is 5.98. The van der Waals surface area contributed by atoms with Gasteiger partial charge in [-0.15, -0.1) is 11.3 Å². The van der Waals surface area contributed by atoms with Crippen molar-refractivity contribution in [3.63, 3.8) is 0 Å². The quantitative estimate of drug-likeness (QED) is 0.856. The molecular weight excluding hydrogens is 244 g/mol. The number of anilines is 1. The van der Waals surface area contributed by atoms with E-state index in [0.717, 1.165) is 17.1 Å². The Morgan fingerprint density at radius 2 is 2.19 bits per heavy atom. The number of rotatable bonds is 3. The minimum atomic E-state index is 0.494. The molecule has 4 nitrogen and oxygen atoms in total. The van der Waals surface area contributed by atoms with E-state index >= 15 is 0 Å². The number of nitrogens with zero attached hydrogens (tertiary/aromatic N) is 3. The lowest BCUT2D eigenvalue weighted by Gasteiger charge is -2.08. The zero-order valence-electron chi connectivity index (χ0n) is 8.99. The molecule has 0 atom stereocenters. The van der Waals surface area contributed by atoms with E-state index < -0.39 is 0 Å². The summed E-state index contributed by atoms with van der Waals surface area (Å²) in [6.45, 7) is 4.36. The minimum absolute atomic E-state index is 0.494. The van der Waals surface area contributed by atoms with Gasteiger partial charge < -0.3 is 5.32 Å². The van der Waals surface area contributed by atoms with Gasteiger partial charge in [-0.2, -0.15) is 0 Å². The summed E-state index contributed by atoms with van der Waals surface area (Å²) in [5.74, 6) is 1.43. The highest BCUT2D eigenvalue weighted by atomic mass is 35.5. The molecule has 1 N–H and O–H groups in total. The zero-order valence-corrected chi connectivity index (χ0v) is 10.6. The molecule has 0 spiro atoms. The Morgan fingerprint density at radius 1 is 1.38 bits per heavy atom. The van der Waals surface area contributed by atoms with E-state index in [1.807, 2.05) is 24.7 Å². The molecule has 0 amide bonds. The molecule has 0 aliphatic carbocycles. The van der Waals surface area contributed by atoms with Crippen molar-refractivity contribution in [3.05, 3.63) is 33.1 Å². The highest BCUT2D eigenvalue weighted by molar-refractivity contribution is 7.07. The first-order valence-electron chi connectivity index (χ1n) is 4.78. The van der Waals surface area contributed by atoms with Crippen LogP contribution >= 0.6 is 22.9 Å². The summed E-state index contributed by atoms with van der Waals surface area (Å²) in [5, 5.41) is 5.70. The number of nitrogens with one attached hydrogen (secondary N) is 1. The standard InChI is InChI=1S/C10H11ClN4S/c1-6-9(11)14-7(2)15-10(6)12-3-8-4-16-5-13-8/h4-5H,3H2,1-2H3,(H,12,14,15). The first-order valence-corrected chi connectivity index (χ1v) is 6.10. The fraction of sp³-hybridized carbons (Fsp3) is 0.300. The van der Waals surface area contributed by atoms with Gasteiger partial charge in [0.05, 0.1) is 17.7 Å². The Bertz CT molecular complexity index is 484. The summed E-state index contributed by atoms with van der Waals surface area (Å²) in [4.78, 5) is 12.6. The van der Waals surface area contributed by atoms with E-state index in [1.165, 1.54) is 0 Å². The molecule has 0 radical (unpaired) electrons. The number of thiazole rings is 1. The van der Waals surface area contributed by atoms with Crippen molar-refractivity contribution in [1.82, 2.24) is 15.0 Å². The van der Waals surface area contributed by atoms with Gasteiger partial charge in [0, 0.05) is 10.9 Å². The first kappa shape index (κ1) is 11.3. The van der Waals surface area contributed by atoms with Crippen LogP contribution in [0.4, 0.5) is 5.82 Å². The Labute approximate surface area is 103 Å². The minimum Gasteiger partial charge on any atom is -0.364 e. The van der Waals surface area contributed by atoms with Crippen molar-refractivity contribution < 1.29 is 0 Å². The van der Waals surface area contributed by atoms with Crippen LogP contribution in [0.1, 0.15) is 17.1 Å². The van der Waals surface area contributed by atoms with Gasteiger partial charge in [-0.1, -0.05) is 11.6 Å². The number of aromatic nitrogens is 3. The van der Waals surface area contributed by atoms with Crippen molar-refractivity contribution in [2.24, 2.45) is 0 Å². The van der Waals surface area contributed by atoms with Gasteiger partial charge in [0.1, 0.15) is 16.8 Å². The average molecular weight is 255 g/mol. The zero-order chi connectivity index (χ0) is 11.5. The van der Waals surface area contributed by atoms with Crippen LogP contribution in [-0.2, 0) is 6.54 Å². The van der Waals surface area contributed by atoms with Gasteiger partial charge in [0.2, 0.25) is 0 Å². The Balaban J connectivity index is 2.15. The van der Waals surface area contributed by atoms with E-state index in [9.17, 15) is 0 Å². The molecule has 2 aromatic rings. The molecule has 0 saturated carbocycles. The maximum atomic E-state index is 5.98. The topological polar surface area (TPSA) is 50.7 Å². The second kappa shape index (κ2) is 4.76. The molecule has 16 heavy (non-hydrogen) atoms. The molecule has 0 aromatic carbocycles. The molecule has 0 aliphatic heterocycles. The van der Waals surface area contributed by atoms with E-state index in [1.54, 1.807) is 11.3 Å². The number of aryl methyl sites for hydroxylation is 1. The van der Waals surface area contributed by atoms with Gasteiger partial charge in [-0.3, -0.25) is 0 Å². The molecular formula is C10H11ClN4S. The van der Waals surface area contributed by atoms with Crippen molar-refractivity contribution >= 4 is 28.8 Å². The van der Waals surface area contributed by atoms with E-state index in [4.69, 9.17) is 11.6 Å². The van der Waals surface area contributed by atoms with Crippen LogP contribution in [0.3, 0.4) is 0 Å². The third-order valence-corrected chi connectivity index (χ3v) is 3.12. The third-order valence-electron chi connectivity index (χ3n) is 2.12. The highest BCUT2D eigenvalue weighted by Gasteiger charge is 2.07. The van der Waals surface area contributed by atoms with Crippen LogP contribution < -0.4 is 5.32 Å². The van der Waals surface area contributed by atoms with Crippen molar-refractivity contribution in [3.8, 4) is 0 Å². The molecule has 0 unspecified atom stereocenters. The summed E-state index contributed by atoms with van der Waals surface area (Å²) in [6.07, 6.45) is 0. The molecule has 6 heteroatoms. The predicted octanol–water partition coefficient (Wildman–Crippen LogP) is 2.82. The van der Waals surface area contributed by atoms with Crippen molar-refractivity contribution in [1.29, 1.82) is 0 Å². The summed E-state index contributed by atoms with van der Waals surface area (Å²) in [5.41, 5.74) is 3.67. The Kier molecular flexibility index (Phi) is 3.36. The largest absolute Gasteiger partial charge is 0.364 e. The lowest BCUT2D eigenvalue weighted by Crippen LogP contribution is -2.06. The van der Waals surface area contributed by atoms with Gasteiger partial charge in [-0.05, 0) is 13.8 Å². The van der Waals surface area contributed by atoms with Crippen LogP contribution in [0.5, 0.6) is 0 Å². The van der Waals surface area contributed by atoms with E-state index in [-0.39, 0.29) is 0 Å². The number of halogens is 1. The average Bonchev–Trinajstić information content (AvgIpc) is 2.74. The van der Waals surface area contributed by atoms with E-state index in [2.05, 4.69) is 20.3 Å². The van der Waals surface area contributed by atoms with Crippen LogP contribution in [0.25, 0.3) is 0 Å². The van der Waals surface area contributed by atoms with E-state index in [0.29, 0.717) is 17.5 Å². The second-order valence-electron chi connectivity index (χ2n) is 3.37. The Hall–Kier alpha value is -1.20. The fourth-order valence-corrected chi connectivity index (χ4v) is 2.04. The van der Waals surface area contributed by atoms with Gasteiger partial charge in [0.25, 0.3) is 0 Å². The molecule has 2 heterocycles. The normalized spacial score (nSPS) is 10.4. The first-order chi connectivity index (χ1) is 7.66. The molecule has 2 rings (SSSR count). The van der Waals surface area contributed by atoms with Crippen LogP contribution in [0.2, 0.25) is 5.15 Å². The monoisotopic (exact) mass is 254 g/mol. The van der Waals surface area contributed by atoms with Gasteiger partial charge in [0.15, 0.2) is 0 Å². The lowest BCUT2D eigenvalue weighted by molar-refractivity contribution is 0.989. The molecule has 0 aliphatic rings. The summed E-state index contributed by atoms with van der Waals surface area (Å²) in [7, 11) is 0. The lowest BCUT2D eigenvalue weighted by atomic mass is 10.3. The molecule has 0 saturated heterocycles. The predicted molar refractivity (Wildman–Crippen MR) is 66.0 cm³/mol. The summed E-state index contributed by atoms with van der Waals surface area (Å²) >= 11 is 7.55.